The highest BCUT2D eigenvalue weighted by atomic mass is 16.5. The Balaban J connectivity index is 1.75. The summed E-state index contributed by atoms with van der Waals surface area (Å²) in [4.78, 5) is 4.78. The standard InChI is InChI=1S/C20H23N3O/c1-3-21-13-12-20-22-17-9-5-6-10-18(17)23(20)14-15-24-19-11-7-4-8-16(19)2/h3-11,21H,1,12-15H2,2H3/p+1. The van der Waals surface area contributed by atoms with E-state index in [0.717, 1.165) is 42.2 Å². The highest BCUT2D eigenvalue weighted by Gasteiger charge is 2.11. The molecule has 0 atom stereocenters. The van der Waals surface area contributed by atoms with Crippen molar-refractivity contribution in [2.75, 3.05) is 13.2 Å². The summed E-state index contributed by atoms with van der Waals surface area (Å²) in [6.45, 7) is 8.18. The number of quaternary nitrogens is 1. The molecule has 1 heterocycles. The molecule has 1 aromatic heterocycles. The molecule has 24 heavy (non-hydrogen) atoms. The number of para-hydroxylation sites is 3. The average molecular weight is 322 g/mol. The number of rotatable bonds is 8. The van der Waals surface area contributed by atoms with Gasteiger partial charge in [0.2, 0.25) is 0 Å². The summed E-state index contributed by atoms with van der Waals surface area (Å²) in [6.07, 6.45) is 2.75. The number of nitrogens with two attached hydrogens (primary N) is 1. The molecule has 2 N–H and O–H groups in total. The molecule has 3 aromatic rings. The van der Waals surface area contributed by atoms with Gasteiger partial charge < -0.3 is 14.6 Å². The zero-order valence-electron chi connectivity index (χ0n) is 14.1. The van der Waals surface area contributed by atoms with Crippen LogP contribution < -0.4 is 10.1 Å². The summed E-state index contributed by atoms with van der Waals surface area (Å²) in [5, 5.41) is 2.08. The van der Waals surface area contributed by atoms with Crippen molar-refractivity contribution in [3.63, 3.8) is 0 Å². The molecule has 0 amide bonds. The summed E-state index contributed by atoms with van der Waals surface area (Å²) in [7, 11) is 0. The van der Waals surface area contributed by atoms with Gasteiger partial charge in [-0.3, -0.25) is 0 Å². The lowest BCUT2D eigenvalue weighted by Gasteiger charge is -2.12. The van der Waals surface area contributed by atoms with E-state index in [2.05, 4.69) is 47.7 Å². The van der Waals surface area contributed by atoms with Crippen LogP contribution in [0, 0.1) is 6.92 Å². The van der Waals surface area contributed by atoms with Crippen LogP contribution in [0.5, 0.6) is 5.75 Å². The molecule has 0 bridgehead atoms. The fourth-order valence-electron chi connectivity index (χ4n) is 2.86. The first kappa shape index (κ1) is 16.3. The van der Waals surface area contributed by atoms with E-state index >= 15 is 0 Å². The Morgan fingerprint density at radius 1 is 1.17 bits per heavy atom. The van der Waals surface area contributed by atoms with E-state index in [0.29, 0.717) is 6.61 Å². The fraction of sp³-hybridized carbons (Fsp3) is 0.250. The van der Waals surface area contributed by atoms with E-state index in [1.807, 2.05) is 30.5 Å². The molecule has 0 saturated heterocycles. The minimum Gasteiger partial charge on any atom is -0.491 e. The van der Waals surface area contributed by atoms with Gasteiger partial charge in [-0.1, -0.05) is 30.3 Å². The van der Waals surface area contributed by atoms with Gasteiger partial charge in [0.1, 0.15) is 18.2 Å². The quantitative estimate of drug-likeness (QED) is 0.648. The molecule has 0 radical (unpaired) electrons. The van der Waals surface area contributed by atoms with Crippen molar-refractivity contribution in [1.82, 2.24) is 9.55 Å². The maximum absolute atomic E-state index is 5.97. The van der Waals surface area contributed by atoms with Crippen LogP contribution in [0.3, 0.4) is 0 Å². The van der Waals surface area contributed by atoms with Gasteiger partial charge in [0.15, 0.2) is 0 Å². The number of aryl methyl sites for hydroxylation is 1. The summed E-state index contributed by atoms with van der Waals surface area (Å²) < 4.78 is 8.24. The van der Waals surface area contributed by atoms with Crippen molar-refractivity contribution in [1.29, 1.82) is 0 Å². The summed E-state index contributed by atoms with van der Waals surface area (Å²) >= 11 is 0. The van der Waals surface area contributed by atoms with Crippen LogP contribution in [0.1, 0.15) is 11.4 Å². The summed E-state index contributed by atoms with van der Waals surface area (Å²) in [5.41, 5.74) is 3.37. The maximum atomic E-state index is 5.97. The van der Waals surface area contributed by atoms with Crippen molar-refractivity contribution < 1.29 is 10.1 Å². The highest BCUT2D eigenvalue weighted by molar-refractivity contribution is 5.75. The first-order valence-corrected chi connectivity index (χ1v) is 8.36. The maximum Gasteiger partial charge on any atom is 0.122 e. The van der Waals surface area contributed by atoms with Gasteiger partial charge in [0, 0.05) is 0 Å². The molecule has 0 spiro atoms. The highest BCUT2D eigenvalue weighted by Crippen LogP contribution is 2.18. The largest absolute Gasteiger partial charge is 0.491 e. The van der Waals surface area contributed by atoms with Gasteiger partial charge in [-0.2, -0.15) is 0 Å². The van der Waals surface area contributed by atoms with E-state index in [-0.39, 0.29) is 0 Å². The second kappa shape index (κ2) is 7.79. The smallest absolute Gasteiger partial charge is 0.122 e. The van der Waals surface area contributed by atoms with Crippen molar-refractivity contribution in [3.05, 3.63) is 72.7 Å². The number of fused-ring (bicyclic) bond motifs is 1. The molecule has 4 nitrogen and oxygen atoms in total. The number of aromatic nitrogens is 2. The van der Waals surface area contributed by atoms with E-state index in [4.69, 9.17) is 9.72 Å². The number of ether oxygens (including phenoxy) is 1. The zero-order chi connectivity index (χ0) is 16.8. The summed E-state index contributed by atoms with van der Waals surface area (Å²) in [6, 6.07) is 16.4. The Bertz CT molecular complexity index is 823. The Hall–Kier alpha value is -2.59. The molecule has 0 aliphatic heterocycles. The van der Waals surface area contributed by atoms with Crippen LogP contribution in [0.15, 0.2) is 61.3 Å². The predicted octanol–water partition coefficient (Wildman–Crippen LogP) is 2.67. The number of hydrogen-bond donors (Lipinski definition) is 1. The molecular formula is C20H24N3O+. The topological polar surface area (TPSA) is 43.7 Å². The minimum atomic E-state index is 0.628. The monoisotopic (exact) mass is 322 g/mol. The molecule has 3 rings (SSSR count). The third-order valence-electron chi connectivity index (χ3n) is 4.10. The number of nitrogens with zero attached hydrogens (tertiary/aromatic N) is 2. The van der Waals surface area contributed by atoms with E-state index in [9.17, 15) is 0 Å². The lowest BCUT2D eigenvalue weighted by molar-refractivity contribution is -0.586. The molecule has 4 heteroatoms. The molecule has 124 valence electrons. The van der Waals surface area contributed by atoms with Crippen LogP contribution in [-0.4, -0.2) is 22.7 Å². The third-order valence-corrected chi connectivity index (χ3v) is 4.10. The van der Waals surface area contributed by atoms with Gasteiger partial charge in [-0.05, 0) is 37.3 Å². The van der Waals surface area contributed by atoms with E-state index in [1.165, 1.54) is 5.52 Å². The predicted molar refractivity (Wildman–Crippen MR) is 97.1 cm³/mol. The third kappa shape index (κ3) is 3.66. The van der Waals surface area contributed by atoms with Crippen LogP contribution in [0.25, 0.3) is 11.0 Å². The second-order valence-electron chi connectivity index (χ2n) is 5.79. The van der Waals surface area contributed by atoms with Crippen LogP contribution in [-0.2, 0) is 13.0 Å². The Morgan fingerprint density at radius 2 is 1.96 bits per heavy atom. The normalized spacial score (nSPS) is 10.9. The molecular weight excluding hydrogens is 298 g/mol. The molecule has 0 aliphatic carbocycles. The minimum absolute atomic E-state index is 0.628. The molecule has 2 aromatic carbocycles. The van der Waals surface area contributed by atoms with Crippen LogP contribution in [0.4, 0.5) is 0 Å². The lowest BCUT2D eigenvalue weighted by atomic mass is 10.2. The van der Waals surface area contributed by atoms with Crippen molar-refractivity contribution >= 4 is 11.0 Å². The van der Waals surface area contributed by atoms with Gasteiger partial charge in [0.05, 0.1) is 36.7 Å². The number of benzene rings is 2. The van der Waals surface area contributed by atoms with Gasteiger partial charge in [-0.25, -0.2) is 4.98 Å². The first-order valence-electron chi connectivity index (χ1n) is 8.36. The Kier molecular flexibility index (Phi) is 5.29. The first-order chi connectivity index (χ1) is 11.8. The van der Waals surface area contributed by atoms with E-state index in [1.54, 1.807) is 0 Å². The van der Waals surface area contributed by atoms with Gasteiger partial charge in [-0.15, -0.1) is 0 Å². The van der Waals surface area contributed by atoms with Crippen molar-refractivity contribution in [3.8, 4) is 5.75 Å². The Labute approximate surface area is 142 Å². The zero-order valence-corrected chi connectivity index (χ0v) is 14.1. The molecule has 0 fully saturated rings. The Morgan fingerprint density at radius 3 is 2.79 bits per heavy atom. The SMILES string of the molecule is C=C[NH2+]CCc1nc2ccccc2n1CCOc1ccccc1C. The van der Waals surface area contributed by atoms with E-state index < -0.39 is 0 Å². The molecule has 0 unspecified atom stereocenters. The second-order valence-corrected chi connectivity index (χ2v) is 5.79. The number of hydrogen-bond acceptors (Lipinski definition) is 2. The number of imidazole rings is 1. The fourth-order valence-corrected chi connectivity index (χ4v) is 2.86. The van der Waals surface area contributed by atoms with Crippen molar-refractivity contribution in [2.24, 2.45) is 0 Å². The molecule has 0 aliphatic rings. The summed E-state index contributed by atoms with van der Waals surface area (Å²) in [5.74, 6) is 2.05. The van der Waals surface area contributed by atoms with Crippen LogP contribution >= 0.6 is 0 Å². The van der Waals surface area contributed by atoms with Gasteiger partial charge in [0.25, 0.3) is 0 Å². The average Bonchev–Trinajstić information content (AvgIpc) is 2.95. The van der Waals surface area contributed by atoms with Gasteiger partial charge >= 0.3 is 0 Å². The van der Waals surface area contributed by atoms with Crippen LogP contribution in [0.2, 0.25) is 0 Å². The molecule has 0 saturated carbocycles. The lowest BCUT2D eigenvalue weighted by Crippen LogP contribution is -2.78. The van der Waals surface area contributed by atoms with Crippen molar-refractivity contribution in [2.45, 2.75) is 19.9 Å².